The Balaban J connectivity index is 1.58. The van der Waals surface area contributed by atoms with E-state index in [4.69, 9.17) is 14.5 Å². The maximum atomic E-state index is 13.2. The molecule has 1 aliphatic heterocycles. The lowest BCUT2D eigenvalue weighted by Crippen LogP contribution is -2.13. The van der Waals surface area contributed by atoms with Crippen molar-refractivity contribution in [3.63, 3.8) is 0 Å². The first-order chi connectivity index (χ1) is 14.2. The highest BCUT2D eigenvalue weighted by molar-refractivity contribution is 6.13. The summed E-state index contributed by atoms with van der Waals surface area (Å²) < 4.78 is 24.0. The van der Waals surface area contributed by atoms with Gasteiger partial charge >= 0.3 is 0 Å². The van der Waals surface area contributed by atoms with Crippen LogP contribution in [-0.4, -0.2) is 17.7 Å². The SMILES string of the molecule is O=C(Nc1ccc(F)cc1)c1cc(-c2ccc3c(c2)OCO3)nc2ccccc12. The minimum absolute atomic E-state index is 0.190. The number of rotatable bonds is 3. The summed E-state index contributed by atoms with van der Waals surface area (Å²) in [6, 6.07) is 20.4. The fourth-order valence-corrected chi connectivity index (χ4v) is 3.30. The molecule has 4 aromatic rings. The summed E-state index contributed by atoms with van der Waals surface area (Å²) in [5, 5.41) is 3.55. The Kier molecular flexibility index (Phi) is 4.09. The zero-order valence-electron chi connectivity index (χ0n) is 15.2. The van der Waals surface area contributed by atoms with Crippen LogP contribution in [-0.2, 0) is 0 Å². The molecule has 1 aromatic heterocycles. The molecule has 0 radical (unpaired) electrons. The van der Waals surface area contributed by atoms with Crippen molar-refractivity contribution in [3.8, 4) is 22.8 Å². The summed E-state index contributed by atoms with van der Waals surface area (Å²) >= 11 is 0. The van der Waals surface area contributed by atoms with E-state index in [0.29, 0.717) is 34.0 Å². The van der Waals surface area contributed by atoms with E-state index in [-0.39, 0.29) is 18.5 Å². The lowest BCUT2D eigenvalue weighted by Gasteiger charge is -2.11. The molecule has 6 heteroatoms. The van der Waals surface area contributed by atoms with Crippen molar-refractivity contribution in [2.24, 2.45) is 0 Å². The number of anilines is 1. The number of hydrogen-bond acceptors (Lipinski definition) is 4. The average Bonchev–Trinajstić information content (AvgIpc) is 3.22. The van der Waals surface area contributed by atoms with E-state index in [1.807, 2.05) is 42.5 Å². The Morgan fingerprint density at radius 3 is 2.59 bits per heavy atom. The van der Waals surface area contributed by atoms with E-state index in [1.165, 1.54) is 24.3 Å². The van der Waals surface area contributed by atoms with Crippen molar-refractivity contribution in [3.05, 3.63) is 84.2 Å². The maximum Gasteiger partial charge on any atom is 0.256 e. The first-order valence-corrected chi connectivity index (χ1v) is 9.04. The van der Waals surface area contributed by atoms with Gasteiger partial charge in [0, 0.05) is 16.6 Å². The van der Waals surface area contributed by atoms with Crippen molar-refractivity contribution in [2.45, 2.75) is 0 Å². The number of benzene rings is 3. The van der Waals surface area contributed by atoms with Gasteiger partial charge in [-0.25, -0.2) is 9.37 Å². The van der Waals surface area contributed by atoms with Crippen LogP contribution in [0, 0.1) is 5.82 Å². The monoisotopic (exact) mass is 386 g/mol. The summed E-state index contributed by atoms with van der Waals surface area (Å²) in [5.74, 6) is 0.679. The molecule has 0 saturated carbocycles. The molecule has 1 amide bonds. The highest BCUT2D eigenvalue weighted by Crippen LogP contribution is 2.36. The van der Waals surface area contributed by atoms with Crippen LogP contribution in [0.4, 0.5) is 10.1 Å². The molecule has 1 aliphatic rings. The third-order valence-corrected chi connectivity index (χ3v) is 4.73. The molecule has 3 aromatic carbocycles. The van der Waals surface area contributed by atoms with Gasteiger partial charge in [-0.3, -0.25) is 4.79 Å². The Morgan fingerprint density at radius 1 is 0.931 bits per heavy atom. The number of carbonyl (C=O) groups excluding carboxylic acids is 1. The first kappa shape index (κ1) is 17.2. The van der Waals surface area contributed by atoms with Crippen molar-refractivity contribution in [1.82, 2.24) is 4.98 Å². The van der Waals surface area contributed by atoms with E-state index in [2.05, 4.69) is 5.32 Å². The third kappa shape index (κ3) is 3.25. The summed E-state index contributed by atoms with van der Waals surface area (Å²) in [4.78, 5) is 17.7. The van der Waals surface area contributed by atoms with E-state index in [9.17, 15) is 9.18 Å². The molecular formula is C23H15FN2O3. The fourth-order valence-electron chi connectivity index (χ4n) is 3.30. The van der Waals surface area contributed by atoms with E-state index < -0.39 is 0 Å². The van der Waals surface area contributed by atoms with Crippen molar-refractivity contribution >= 4 is 22.5 Å². The molecule has 0 aliphatic carbocycles. The van der Waals surface area contributed by atoms with Crippen LogP contribution in [0.15, 0.2) is 72.8 Å². The molecule has 0 bridgehead atoms. The van der Waals surface area contributed by atoms with Crippen LogP contribution in [0.5, 0.6) is 11.5 Å². The third-order valence-electron chi connectivity index (χ3n) is 4.73. The number of amides is 1. The summed E-state index contributed by atoms with van der Waals surface area (Å²) in [6.07, 6.45) is 0. The molecule has 5 rings (SSSR count). The van der Waals surface area contributed by atoms with Crippen LogP contribution < -0.4 is 14.8 Å². The Labute approximate surface area is 165 Å². The molecule has 5 nitrogen and oxygen atoms in total. The second-order valence-corrected chi connectivity index (χ2v) is 6.60. The quantitative estimate of drug-likeness (QED) is 0.537. The lowest BCUT2D eigenvalue weighted by molar-refractivity contribution is 0.102. The highest BCUT2D eigenvalue weighted by Gasteiger charge is 2.17. The number of aromatic nitrogens is 1. The Hall–Kier alpha value is -3.93. The van der Waals surface area contributed by atoms with E-state index in [1.54, 1.807) is 6.07 Å². The maximum absolute atomic E-state index is 13.2. The Morgan fingerprint density at radius 2 is 1.72 bits per heavy atom. The van der Waals surface area contributed by atoms with Crippen LogP contribution in [0.2, 0.25) is 0 Å². The second-order valence-electron chi connectivity index (χ2n) is 6.60. The van der Waals surface area contributed by atoms with Crippen LogP contribution >= 0.6 is 0 Å². The van der Waals surface area contributed by atoms with Crippen LogP contribution in [0.3, 0.4) is 0 Å². The zero-order chi connectivity index (χ0) is 19.8. The lowest BCUT2D eigenvalue weighted by atomic mass is 10.0. The number of halogens is 1. The molecule has 0 unspecified atom stereocenters. The summed E-state index contributed by atoms with van der Waals surface area (Å²) in [7, 11) is 0. The Bertz CT molecular complexity index is 1240. The van der Waals surface area contributed by atoms with Gasteiger partial charge < -0.3 is 14.8 Å². The van der Waals surface area contributed by atoms with Gasteiger partial charge in [-0.1, -0.05) is 18.2 Å². The number of nitrogens with one attached hydrogen (secondary N) is 1. The smallest absolute Gasteiger partial charge is 0.256 e. The van der Waals surface area contributed by atoms with Crippen molar-refractivity contribution < 1.29 is 18.7 Å². The van der Waals surface area contributed by atoms with Gasteiger partial charge in [0.2, 0.25) is 6.79 Å². The average molecular weight is 386 g/mol. The molecular weight excluding hydrogens is 371 g/mol. The largest absolute Gasteiger partial charge is 0.454 e. The topological polar surface area (TPSA) is 60.5 Å². The second kappa shape index (κ2) is 6.91. The van der Waals surface area contributed by atoms with Crippen LogP contribution in [0.25, 0.3) is 22.2 Å². The number of nitrogens with zero attached hydrogens (tertiary/aromatic N) is 1. The van der Waals surface area contributed by atoms with Crippen molar-refractivity contribution in [1.29, 1.82) is 0 Å². The minimum atomic E-state index is -0.359. The van der Waals surface area contributed by atoms with Crippen LogP contribution in [0.1, 0.15) is 10.4 Å². The van der Waals surface area contributed by atoms with Gasteiger partial charge in [-0.05, 0) is 54.6 Å². The molecule has 0 fully saturated rings. The number of hydrogen-bond donors (Lipinski definition) is 1. The summed E-state index contributed by atoms with van der Waals surface area (Å²) in [5.41, 5.74) is 3.16. The number of fused-ring (bicyclic) bond motifs is 2. The predicted octanol–water partition coefficient (Wildman–Crippen LogP) is 5.02. The minimum Gasteiger partial charge on any atom is -0.454 e. The van der Waals surface area contributed by atoms with Crippen molar-refractivity contribution in [2.75, 3.05) is 12.1 Å². The molecule has 29 heavy (non-hydrogen) atoms. The molecule has 0 spiro atoms. The predicted molar refractivity (Wildman–Crippen MR) is 108 cm³/mol. The standard InChI is InChI=1S/C23H15FN2O3/c24-15-6-8-16(9-7-15)25-23(27)18-12-20(26-19-4-2-1-3-17(18)19)14-5-10-21-22(11-14)29-13-28-21/h1-12H,13H2,(H,25,27). The number of para-hydroxylation sites is 1. The highest BCUT2D eigenvalue weighted by atomic mass is 19.1. The normalized spacial score (nSPS) is 12.2. The molecule has 0 saturated heterocycles. The van der Waals surface area contributed by atoms with Gasteiger partial charge in [0.1, 0.15) is 5.82 Å². The van der Waals surface area contributed by atoms with E-state index in [0.717, 1.165) is 10.9 Å². The zero-order valence-corrected chi connectivity index (χ0v) is 15.2. The molecule has 1 N–H and O–H groups in total. The molecule has 0 atom stereocenters. The summed E-state index contributed by atoms with van der Waals surface area (Å²) in [6.45, 7) is 0.190. The van der Waals surface area contributed by atoms with Gasteiger partial charge in [0.25, 0.3) is 5.91 Å². The number of carbonyl (C=O) groups is 1. The molecule has 2 heterocycles. The molecule has 142 valence electrons. The van der Waals surface area contributed by atoms with Gasteiger partial charge in [0.05, 0.1) is 16.8 Å². The number of pyridine rings is 1. The van der Waals surface area contributed by atoms with E-state index >= 15 is 0 Å². The number of ether oxygens (including phenoxy) is 2. The van der Waals surface area contributed by atoms with Gasteiger partial charge in [-0.15, -0.1) is 0 Å². The first-order valence-electron chi connectivity index (χ1n) is 9.04. The van der Waals surface area contributed by atoms with Gasteiger partial charge in [0.15, 0.2) is 11.5 Å². The van der Waals surface area contributed by atoms with Gasteiger partial charge in [-0.2, -0.15) is 0 Å². The fraction of sp³-hybridized carbons (Fsp3) is 0.0435.